The number of nitrogens with one attached hydrogen (secondary N) is 3. The van der Waals surface area contributed by atoms with E-state index in [4.69, 9.17) is 4.74 Å². The van der Waals surface area contributed by atoms with Crippen molar-refractivity contribution >= 4 is 17.5 Å². The maximum Gasteiger partial charge on any atom is 0.242 e. The summed E-state index contributed by atoms with van der Waals surface area (Å²) in [5.41, 5.74) is 0. The number of ether oxygens (including phenoxy) is 1. The third-order valence-corrected chi connectivity index (χ3v) is 2.85. The Kier molecular flexibility index (Phi) is 7.28. The van der Waals surface area contributed by atoms with Gasteiger partial charge in [0, 0.05) is 13.1 Å². The summed E-state index contributed by atoms with van der Waals surface area (Å²) in [5.74, 6) is 1.57. The first-order valence-electron chi connectivity index (χ1n) is 7.31. The summed E-state index contributed by atoms with van der Waals surface area (Å²) in [5, 5.41) is 9.07. The maximum atomic E-state index is 11.9. The zero-order chi connectivity index (χ0) is 15.7. The predicted molar refractivity (Wildman–Crippen MR) is 83.8 cm³/mol. The summed E-state index contributed by atoms with van der Waals surface area (Å²) in [6.07, 6.45) is 3.33. The number of hydrogen-bond acceptors (Lipinski definition) is 6. The number of nitrogens with zero attached hydrogens (tertiary/aromatic N) is 2. The van der Waals surface area contributed by atoms with Crippen molar-refractivity contribution in [2.24, 2.45) is 0 Å². The molecule has 1 rings (SSSR count). The van der Waals surface area contributed by atoms with E-state index < -0.39 is 6.04 Å². The van der Waals surface area contributed by atoms with Crippen LogP contribution in [-0.2, 0) is 4.79 Å². The minimum atomic E-state index is -0.403. The Morgan fingerprint density at radius 3 is 2.52 bits per heavy atom. The molecular weight excluding hydrogens is 270 g/mol. The smallest absolute Gasteiger partial charge is 0.242 e. The van der Waals surface area contributed by atoms with Gasteiger partial charge in [-0.1, -0.05) is 13.8 Å². The highest BCUT2D eigenvalue weighted by Gasteiger charge is 2.17. The lowest BCUT2D eigenvalue weighted by Gasteiger charge is -2.17. The van der Waals surface area contributed by atoms with E-state index in [0.717, 1.165) is 19.4 Å². The number of hydrogen-bond donors (Lipinski definition) is 3. The second kappa shape index (κ2) is 8.99. The van der Waals surface area contributed by atoms with E-state index in [0.29, 0.717) is 23.9 Å². The van der Waals surface area contributed by atoms with Gasteiger partial charge in [0.1, 0.15) is 12.4 Å². The lowest BCUT2D eigenvalue weighted by Crippen LogP contribution is -2.38. The molecule has 21 heavy (non-hydrogen) atoms. The normalized spacial score (nSPS) is 11.6. The molecule has 0 aliphatic rings. The van der Waals surface area contributed by atoms with Crippen LogP contribution in [0.25, 0.3) is 0 Å². The Morgan fingerprint density at radius 1 is 1.24 bits per heavy atom. The SMILES string of the molecule is CCCNC(=O)C(C)Nc1ncnc(NCCC)c1OC. The first kappa shape index (κ1) is 17.0. The third kappa shape index (κ3) is 5.09. The van der Waals surface area contributed by atoms with E-state index in [1.807, 2.05) is 6.92 Å². The highest BCUT2D eigenvalue weighted by Crippen LogP contribution is 2.29. The molecule has 0 spiro atoms. The average Bonchev–Trinajstić information content (AvgIpc) is 2.50. The summed E-state index contributed by atoms with van der Waals surface area (Å²) < 4.78 is 5.35. The summed E-state index contributed by atoms with van der Waals surface area (Å²) >= 11 is 0. The fourth-order valence-electron chi connectivity index (χ4n) is 1.71. The number of carbonyl (C=O) groups excluding carboxylic acids is 1. The van der Waals surface area contributed by atoms with E-state index in [9.17, 15) is 4.79 Å². The molecule has 1 amide bonds. The van der Waals surface area contributed by atoms with Gasteiger partial charge in [-0.25, -0.2) is 9.97 Å². The van der Waals surface area contributed by atoms with Crippen LogP contribution in [0.1, 0.15) is 33.6 Å². The first-order valence-corrected chi connectivity index (χ1v) is 7.31. The Hall–Kier alpha value is -2.05. The highest BCUT2D eigenvalue weighted by molar-refractivity contribution is 5.84. The summed E-state index contributed by atoms with van der Waals surface area (Å²) in [4.78, 5) is 20.2. The van der Waals surface area contributed by atoms with Crippen LogP contribution in [0.2, 0.25) is 0 Å². The van der Waals surface area contributed by atoms with E-state index in [-0.39, 0.29) is 5.91 Å². The van der Waals surface area contributed by atoms with Crippen molar-refractivity contribution in [3.05, 3.63) is 6.33 Å². The molecule has 1 heterocycles. The van der Waals surface area contributed by atoms with Gasteiger partial charge >= 0.3 is 0 Å². The molecule has 0 fully saturated rings. The minimum Gasteiger partial charge on any atom is -0.490 e. The number of rotatable bonds is 9. The number of aromatic nitrogens is 2. The van der Waals surface area contributed by atoms with Gasteiger partial charge in [-0.2, -0.15) is 0 Å². The van der Waals surface area contributed by atoms with Gasteiger partial charge in [-0.15, -0.1) is 0 Å². The van der Waals surface area contributed by atoms with Gasteiger partial charge in [0.15, 0.2) is 11.6 Å². The van der Waals surface area contributed by atoms with Crippen molar-refractivity contribution in [3.8, 4) is 5.75 Å². The van der Waals surface area contributed by atoms with Crippen LogP contribution in [0.15, 0.2) is 6.33 Å². The molecule has 1 aromatic heterocycles. The molecular formula is C14H25N5O2. The van der Waals surface area contributed by atoms with Crippen LogP contribution in [0.5, 0.6) is 5.75 Å². The summed E-state index contributed by atoms with van der Waals surface area (Å²) in [6, 6.07) is -0.403. The van der Waals surface area contributed by atoms with Crippen LogP contribution >= 0.6 is 0 Å². The molecule has 7 nitrogen and oxygen atoms in total. The van der Waals surface area contributed by atoms with Gasteiger partial charge in [0.25, 0.3) is 0 Å². The van der Waals surface area contributed by atoms with Gasteiger partial charge < -0.3 is 20.7 Å². The molecule has 0 saturated heterocycles. The standard InChI is InChI=1S/C14H25N5O2/c1-5-7-15-12-11(21-4)13(18-9-17-12)19-10(3)14(20)16-8-6-2/h9-10H,5-8H2,1-4H3,(H,16,20)(H2,15,17,18,19). The molecule has 0 aromatic carbocycles. The summed E-state index contributed by atoms with van der Waals surface area (Å²) in [6.45, 7) is 7.32. The quantitative estimate of drug-likeness (QED) is 0.642. The van der Waals surface area contributed by atoms with E-state index in [1.165, 1.54) is 6.33 Å². The monoisotopic (exact) mass is 295 g/mol. The largest absolute Gasteiger partial charge is 0.490 e. The Bertz CT molecular complexity index is 453. The Labute approximate surface area is 125 Å². The number of anilines is 2. The minimum absolute atomic E-state index is 0.0689. The highest BCUT2D eigenvalue weighted by atomic mass is 16.5. The van der Waals surface area contributed by atoms with Crippen LogP contribution < -0.4 is 20.7 Å². The van der Waals surface area contributed by atoms with Gasteiger partial charge in [-0.3, -0.25) is 4.79 Å². The molecule has 0 saturated carbocycles. The first-order chi connectivity index (χ1) is 10.1. The molecule has 1 unspecified atom stereocenters. The molecule has 0 aliphatic heterocycles. The van der Waals surface area contributed by atoms with Crippen molar-refractivity contribution < 1.29 is 9.53 Å². The van der Waals surface area contributed by atoms with E-state index in [1.54, 1.807) is 14.0 Å². The Morgan fingerprint density at radius 2 is 1.90 bits per heavy atom. The molecule has 3 N–H and O–H groups in total. The maximum absolute atomic E-state index is 11.9. The van der Waals surface area contributed by atoms with Crippen LogP contribution in [0.3, 0.4) is 0 Å². The number of amides is 1. The van der Waals surface area contributed by atoms with E-state index >= 15 is 0 Å². The van der Waals surface area contributed by atoms with Gasteiger partial charge in [0.05, 0.1) is 7.11 Å². The van der Waals surface area contributed by atoms with Crippen molar-refractivity contribution in [1.82, 2.24) is 15.3 Å². The van der Waals surface area contributed by atoms with Crippen LogP contribution in [0, 0.1) is 0 Å². The molecule has 0 radical (unpaired) electrons. The fraction of sp³-hybridized carbons (Fsp3) is 0.643. The third-order valence-electron chi connectivity index (χ3n) is 2.85. The molecule has 1 aromatic rings. The lowest BCUT2D eigenvalue weighted by molar-refractivity contribution is -0.121. The zero-order valence-corrected chi connectivity index (χ0v) is 13.2. The van der Waals surface area contributed by atoms with Gasteiger partial charge in [0.2, 0.25) is 11.7 Å². The van der Waals surface area contributed by atoms with Crippen molar-refractivity contribution in [1.29, 1.82) is 0 Å². The zero-order valence-electron chi connectivity index (χ0n) is 13.2. The predicted octanol–water partition coefficient (Wildman–Crippen LogP) is 1.63. The Balaban J connectivity index is 2.79. The van der Waals surface area contributed by atoms with E-state index in [2.05, 4.69) is 32.8 Å². The fourth-order valence-corrected chi connectivity index (χ4v) is 1.71. The molecule has 0 aliphatic carbocycles. The summed E-state index contributed by atoms with van der Waals surface area (Å²) in [7, 11) is 1.56. The van der Waals surface area contributed by atoms with Crippen molar-refractivity contribution in [3.63, 3.8) is 0 Å². The average molecular weight is 295 g/mol. The topological polar surface area (TPSA) is 88.2 Å². The van der Waals surface area contributed by atoms with Crippen molar-refractivity contribution in [2.75, 3.05) is 30.8 Å². The number of methoxy groups -OCH3 is 1. The molecule has 0 bridgehead atoms. The van der Waals surface area contributed by atoms with Crippen molar-refractivity contribution in [2.45, 2.75) is 39.7 Å². The van der Waals surface area contributed by atoms with Crippen LogP contribution in [-0.4, -0.2) is 42.1 Å². The molecule has 7 heteroatoms. The lowest BCUT2D eigenvalue weighted by atomic mass is 10.3. The molecule has 118 valence electrons. The van der Waals surface area contributed by atoms with Gasteiger partial charge in [-0.05, 0) is 19.8 Å². The van der Waals surface area contributed by atoms with Crippen LogP contribution in [0.4, 0.5) is 11.6 Å². The number of carbonyl (C=O) groups is 1. The molecule has 1 atom stereocenters. The second-order valence-electron chi connectivity index (χ2n) is 4.69. The second-order valence-corrected chi connectivity index (χ2v) is 4.69.